The van der Waals surface area contributed by atoms with E-state index >= 15 is 0 Å². The molecule has 1 aliphatic rings. The summed E-state index contributed by atoms with van der Waals surface area (Å²) in [6, 6.07) is 7.66. The van der Waals surface area contributed by atoms with Crippen LogP contribution in [0.4, 0.5) is 0 Å². The second kappa shape index (κ2) is 13.2. The van der Waals surface area contributed by atoms with E-state index in [9.17, 15) is 4.79 Å². The maximum Gasteiger partial charge on any atom is 0.251 e. The first-order valence-electron chi connectivity index (χ1n) is 10.9. The third kappa shape index (κ3) is 10.7. The number of nitrogens with one attached hydrogen (secondary N) is 3. The second-order valence-corrected chi connectivity index (χ2v) is 9.36. The molecule has 2 rings (SSSR count). The predicted molar refractivity (Wildman–Crippen MR) is 138 cm³/mol. The van der Waals surface area contributed by atoms with Gasteiger partial charge in [0.15, 0.2) is 5.96 Å². The highest BCUT2D eigenvalue weighted by Gasteiger charge is 2.21. The number of carbonyl (C=O) groups excluding carboxylic acids is 1. The molecule has 0 radical (unpaired) electrons. The van der Waals surface area contributed by atoms with Crippen molar-refractivity contribution in [1.82, 2.24) is 20.9 Å². The molecule has 0 aromatic heterocycles. The van der Waals surface area contributed by atoms with Crippen LogP contribution in [0.25, 0.3) is 0 Å². The van der Waals surface area contributed by atoms with Gasteiger partial charge in [-0.1, -0.05) is 26.0 Å². The molecule has 0 saturated carbocycles. The van der Waals surface area contributed by atoms with Crippen molar-refractivity contribution in [3.63, 3.8) is 0 Å². The van der Waals surface area contributed by atoms with Crippen LogP contribution in [0.15, 0.2) is 29.3 Å². The minimum absolute atomic E-state index is 0. The summed E-state index contributed by atoms with van der Waals surface area (Å²) in [5, 5.41) is 9.68. The maximum absolute atomic E-state index is 12.4. The van der Waals surface area contributed by atoms with Crippen LogP contribution >= 0.6 is 24.0 Å². The fourth-order valence-corrected chi connectivity index (χ4v) is 3.44. The maximum atomic E-state index is 12.4. The van der Waals surface area contributed by atoms with Gasteiger partial charge in [0.25, 0.3) is 5.91 Å². The number of nitrogens with zero attached hydrogens (tertiary/aromatic N) is 2. The zero-order valence-electron chi connectivity index (χ0n) is 19.8. The Morgan fingerprint density at radius 3 is 2.68 bits per heavy atom. The van der Waals surface area contributed by atoms with Crippen LogP contribution in [-0.2, 0) is 11.3 Å². The van der Waals surface area contributed by atoms with Gasteiger partial charge in [-0.15, -0.1) is 24.0 Å². The number of benzene rings is 1. The molecule has 0 aliphatic carbocycles. The predicted octanol–water partition coefficient (Wildman–Crippen LogP) is 2.85. The fraction of sp³-hybridized carbons (Fsp3) is 0.652. The summed E-state index contributed by atoms with van der Waals surface area (Å²) in [6.07, 6.45) is 0.153. The lowest BCUT2D eigenvalue weighted by atomic mass is 10.1. The van der Waals surface area contributed by atoms with Gasteiger partial charge in [0.2, 0.25) is 0 Å². The molecule has 0 bridgehead atoms. The van der Waals surface area contributed by atoms with Crippen molar-refractivity contribution in [2.45, 2.75) is 52.8 Å². The lowest BCUT2D eigenvalue weighted by molar-refractivity contribution is -0.0284. The Bertz CT molecular complexity index is 718. The quantitative estimate of drug-likeness (QED) is 0.279. The van der Waals surface area contributed by atoms with Crippen LogP contribution in [-0.4, -0.2) is 68.2 Å². The fourth-order valence-electron chi connectivity index (χ4n) is 3.44. The number of hydrogen-bond donors (Lipinski definition) is 3. The molecular weight excluding hydrogens is 505 g/mol. The Balaban J connectivity index is 0.00000480. The van der Waals surface area contributed by atoms with Gasteiger partial charge in [-0.2, -0.15) is 0 Å². The standard InChI is InChI=1S/C23H39N5O2.HI/c1-17(2)15-28-10-11-30-20(16-28)14-26-22(24-6)25-13-18-8-7-9-19(12-18)21(29)27-23(3,4)5;/h7-9,12,17,20H,10-11,13-16H2,1-6H3,(H,27,29)(H2,24,25,26);1H. The van der Waals surface area contributed by atoms with Gasteiger partial charge in [-0.05, 0) is 44.4 Å². The number of carbonyl (C=O) groups is 1. The topological polar surface area (TPSA) is 78.0 Å². The SMILES string of the molecule is CN=C(NCc1cccc(C(=O)NC(C)(C)C)c1)NCC1CN(CC(C)C)CCO1.I. The van der Waals surface area contributed by atoms with E-state index in [0.29, 0.717) is 24.6 Å². The van der Waals surface area contributed by atoms with Crippen molar-refractivity contribution < 1.29 is 9.53 Å². The monoisotopic (exact) mass is 545 g/mol. The Hall–Kier alpha value is -1.39. The van der Waals surface area contributed by atoms with E-state index < -0.39 is 0 Å². The zero-order chi connectivity index (χ0) is 22.1. The molecular formula is C23H40IN5O2. The second-order valence-electron chi connectivity index (χ2n) is 9.36. The summed E-state index contributed by atoms with van der Waals surface area (Å²) in [6.45, 7) is 15.5. The number of hydrogen-bond acceptors (Lipinski definition) is 4. The first-order valence-corrected chi connectivity index (χ1v) is 10.9. The molecule has 1 aliphatic heterocycles. The third-order valence-electron chi connectivity index (χ3n) is 4.70. The number of aliphatic imine (C=N–C) groups is 1. The number of guanidine groups is 1. The van der Waals surface area contributed by atoms with Gasteiger partial charge in [-0.25, -0.2) is 0 Å². The molecule has 1 saturated heterocycles. The van der Waals surface area contributed by atoms with E-state index in [4.69, 9.17) is 4.74 Å². The van der Waals surface area contributed by atoms with Gasteiger partial charge in [0.05, 0.1) is 12.7 Å². The number of amides is 1. The Kier molecular flexibility index (Phi) is 11.8. The zero-order valence-corrected chi connectivity index (χ0v) is 22.2. The lowest BCUT2D eigenvalue weighted by Gasteiger charge is -2.34. The molecule has 31 heavy (non-hydrogen) atoms. The molecule has 3 N–H and O–H groups in total. The summed E-state index contributed by atoms with van der Waals surface area (Å²) < 4.78 is 5.90. The van der Waals surface area contributed by atoms with Crippen LogP contribution in [0, 0.1) is 5.92 Å². The summed E-state index contributed by atoms with van der Waals surface area (Å²) in [5.41, 5.74) is 1.42. The molecule has 1 fully saturated rings. The Morgan fingerprint density at radius 2 is 2.03 bits per heavy atom. The van der Waals surface area contributed by atoms with Crippen molar-refractivity contribution in [1.29, 1.82) is 0 Å². The van der Waals surface area contributed by atoms with Gasteiger partial charge in [0.1, 0.15) is 0 Å². The third-order valence-corrected chi connectivity index (χ3v) is 4.70. The molecule has 8 heteroatoms. The average Bonchev–Trinajstić information content (AvgIpc) is 2.67. The van der Waals surface area contributed by atoms with Crippen LogP contribution in [0.5, 0.6) is 0 Å². The van der Waals surface area contributed by atoms with Crippen molar-refractivity contribution in [3.8, 4) is 0 Å². The minimum atomic E-state index is -0.261. The smallest absolute Gasteiger partial charge is 0.251 e. The van der Waals surface area contributed by atoms with Gasteiger partial charge < -0.3 is 20.7 Å². The molecule has 7 nitrogen and oxygen atoms in total. The van der Waals surface area contributed by atoms with Crippen LogP contribution < -0.4 is 16.0 Å². The van der Waals surface area contributed by atoms with E-state index in [0.717, 1.165) is 37.8 Å². The largest absolute Gasteiger partial charge is 0.374 e. The molecule has 176 valence electrons. The first-order chi connectivity index (χ1) is 14.2. The van der Waals surface area contributed by atoms with Crippen molar-refractivity contribution in [2.24, 2.45) is 10.9 Å². The number of rotatable bonds is 7. The van der Waals surface area contributed by atoms with Gasteiger partial charge >= 0.3 is 0 Å². The van der Waals surface area contributed by atoms with E-state index in [2.05, 4.69) is 39.7 Å². The van der Waals surface area contributed by atoms with Crippen molar-refractivity contribution >= 4 is 35.8 Å². The highest BCUT2D eigenvalue weighted by atomic mass is 127. The Labute approximate surface area is 204 Å². The van der Waals surface area contributed by atoms with Crippen molar-refractivity contribution in [3.05, 3.63) is 35.4 Å². The first kappa shape index (κ1) is 27.6. The van der Waals surface area contributed by atoms with E-state index in [1.165, 1.54) is 0 Å². The minimum Gasteiger partial charge on any atom is -0.374 e. The van der Waals surface area contributed by atoms with E-state index in [1.54, 1.807) is 7.05 Å². The molecule has 1 unspecified atom stereocenters. The van der Waals surface area contributed by atoms with Crippen LogP contribution in [0.1, 0.15) is 50.5 Å². The molecule has 1 amide bonds. The molecule has 0 spiro atoms. The van der Waals surface area contributed by atoms with Crippen LogP contribution in [0.2, 0.25) is 0 Å². The summed E-state index contributed by atoms with van der Waals surface area (Å²) >= 11 is 0. The highest BCUT2D eigenvalue weighted by molar-refractivity contribution is 14.0. The lowest BCUT2D eigenvalue weighted by Crippen LogP contribution is -2.50. The van der Waals surface area contributed by atoms with Gasteiger partial charge in [0, 0.05) is 50.9 Å². The summed E-state index contributed by atoms with van der Waals surface area (Å²) in [4.78, 5) is 19.2. The number of halogens is 1. The summed E-state index contributed by atoms with van der Waals surface area (Å²) in [7, 11) is 1.76. The molecule has 1 aromatic rings. The molecule has 1 heterocycles. The summed E-state index contributed by atoms with van der Waals surface area (Å²) in [5.74, 6) is 1.32. The molecule has 1 aromatic carbocycles. The van der Waals surface area contributed by atoms with Crippen LogP contribution in [0.3, 0.4) is 0 Å². The van der Waals surface area contributed by atoms with Crippen molar-refractivity contribution in [2.75, 3.05) is 39.8 Å². The van der Waals surface area contributed by atoms with E-state index in [1.807, 2.05) is 45.0 Å². The van der Waals surface area contributed by atoms with E-state index in [-0.39, 0.29) is 41.5 Å². The Morgan fingerprint density at radius 1 is 1.29 bits per heavy atom. The highest BCUT2D eigenvalue weighted by Crippen LogP contribution is 2.09. The number of morpholine rings is 1. The van der Waals surface area contributed by atoms with Gasteiger partial charge in [-0.3, -0.25) is 14.7 Å². The normalized spacial score (nSPS) is 17.8. The number of ether oxygens (including phenoxy) is 1. The molecule has 1 atom stereocenters. The average molecular weight is 546 g/mol.